The third-order valence-electron chi connectivity index (χ3n) is 1.34. The highest BCUT2D eigenvalue weighted by Crippen LogP contribution is 2.15. The Bertz CT molecular complexity index is 386. The zero-order valence-electron chi connectivity index (χ0n) is 6.40. The zero-order valence-corrected chi connectivity index (χ0v) is 7.22. The van der Waals surface area contributed by atoms with E-state index in [-0.39, 0.29) is 0 Å². The van der Waals surface area contributed by atoms with E-state index in [1.54, 1.807) is 19.1 Å². The lowest BCUT2D eigenvalue weighted by Gasteiger charge is -1.95. The maximum atomic E-state index is 8.50. The molecular weight excluding hydrogens is 170 g/mol. The summed E-state index contributed by atoms with van der Waals surface area (Å²) < 4.78 is 0. The molecule has 58 valence electrons. The van der Waals surface area contributed by atoms with Crippen LogP contribution in [0, 0.1) is 18.3 Å². The molecular formula is C8H5N3S. The molecule has 0 aliphatic rings. The Kier molecular flexibility index (Phi) is 2.65. The van der Waals surface area contributed by atoms with Gasteiger partial charge in [-0.25, -0.2) is 4.98 Å². The number of aromatic nitrogens is 1. The van der Waals surface area contributed by atoms with Crippen molar-refractivity contribution in [3.8, 4) is 6.07 Å². The van der Waals surface area contributed by atoms with Gasteiger partial charge in [-0.2, -0.15) is 10.3 Å². The molecule has 1 aromatic rings. The highest BCUT2D eigenvalue weighted by molar-refractivity contribution is 7.78. The predicted molar refractivity (Wildman–Crippen MR) is 48.4 cm³/mol. The first kappa shape index (κ1) is 8.54. The van der Waals surface area contributed by atoms with E-state index in [4.69, 9.17) is 5.26 Å². The monoisotopic (exact) mass is 175 g/mol. The van der Waals surface area contributed by atoms with Crippen molar-refractivity contribution in [3.05, 3.63) is 23.5 Å². The van der Waals surface area contributed by atoms with Crippen LogP contribution in [0.5, 0.6) is 0 Å². The fraction of sp³-hybridized carbons (Fsp3) is 0.125. The summed E-state index contributed by atoms with van der Waals surface area (Å²) in [4.78, 5) is 7.74. The van der Waals surface area contributed by atoms with Crippen molar-refractivity contribution in [3.63, 3.8) is 0 Å². The van der Waals surface area contributed by atoms with Crippen molar-refractivity contribution in [2.75, 3.05) is 0 Å². The number of nitriles is 1. The molecule has 4 heteroatoms. The van der Waals surface area contributed by atoms with Gasteiger partial charge in [0.15, 0.2) is 0 Å². The number of nitrogens with zero attached hydrogens (tertiary/aromatic N) is 3. The Labute approximate surface area is 75.4 Å². The summed E-state index contributed by atoms with van der Waals surface area (Å²) in [7, 11) is 0. The molecule has 0 radical (unpaired) electrons. The Morgan fingerprint density at radius 2 is 2.33 bits per heavy atom. The molecule has 0 amide bonds. The van der Waals surface area contributed by atoms with Crippen LogP contribution in [-0.2, 0) is 0 Å². The van der Waals surface area contributed by atoms with Crippen LogP contribution in [0.15, 0.2) is 17.1 Å². The summed E-state index contributed by atoms with van der Waals surface area (Å²) in [6.45, 7) is 1.77. The molecule has 0 unspecified atom stereocenters. The molecule has 12 heavy (non-hydrogen) atoms. The first-order valence-electron chi connectivity index (χ1n) is 3.23. The van der Waals surface area contributed by atoms with E-state index in [0.717, 1.165) is 0 Å². The molecule has 0 atom stereocenters. The first-order chi connectivity index (χ1) is 5.77. The third-order valence-corrected chi connectivity index (χ3v) is 1.43. The smallest absolute Gasteiger partial charge is 0.140 e. The average molecular weight is 175 g/mol. The molecule has 0 aliphatic carbocycles. The normalized spacial score (nSPS) is 8.33. The Hall–Kier alpha value is -1.56. The highest BCUT2D eigenvalue weighted by Gasteiger charge is 1.98. The maximum absolute atomic E-state index is 8.50. The van der Waals surface area contributed by atoms with Crippen molar-refractivity contribution < 1.29 is 0 Å². The minimum atomic E-state index is 0.385. The van der Waals surface area contributed by atoms with Gasteiger partial charge in [0.05, 0.1) is 16.5 Å². The van der Waals surface area contributed by atoms with Crippen molar-refractivity contribution in [1.29, 1.82) is 5.26 Å². The quantitative estimate of drug-likeness (QED) is 0.484. The lowest BCUT2D eigenvalue weighted by Crippen LogP contribution is -1.85. The molecule has 1 heterocycles. The fourth-order valence-corrected chi connectivity index (χ4v) is 0.882. The van der Waals surface area contributed by atoms with Gasteiger partial charge in [-0.1, -0.05) is 0 Å². The molecule has 0 fully saturated rings. The zero-order chi connectivity index (χ0) is 8.97. The maximum Gasteiger partial charge on any atom is 0.140 e. The molecule has 0 aliphatic heterocycles. The lowest BCUT2D eigenvalue weighted by atomic mass is 10.3. The van der Waals surface area contributed by atoms with Crippen molar-refractivity contribution >= 4 is 23.1 Å². The van der Waals surface area contributed by atoms with Gasteiger partial charge in [0.1, 0.15) is 11.8 Å². The number of hydrogen-bond acceptors (Lipinski definition) is 4. The van der Waals surface area contributed by atoms with Crippen LogP contribution in [0.25, 0.3) is 0 Å². The number of hydrogen-bond donors (Lipinski definition) is 0. The molecule has 0 saturated heterocycles. The van der Waals surface area contributed by atoms with Gasteiger partial charge in [0.2, 0.25) is 0 Å². The Balaban J connectivity index is 3.22. The second-order valence-electron chi connectivity index (χ2n) is 2.12. The van der Waals surface area contributed by atoms with Crippen molar-refractivity contribution in [2.45, 2.75) is 6.92 Å². The fourth-order valence-electron chi connectivity index (χ4n) is 0.783. The summed E-state index contributed by atoms with van der Waals surface area (Å²) in [5.41, 5.74) is 1.73. The van der Waals surface area contributed by atoms with Crippen LogP contribution in [0.4, 0.5) is 5.69 Å². The van der Waals surface area contributed by atoms with Gasteiger partial charge in [-0.3, -0.25) is 0 Å². The van der Waals surface area contributed by atoms with Crippen LogP contribution >= 0.6 is 12.2 Å². The predicted octanol–water partition coefficient (Wildman–Crippen LogP) is 2.00. The molecule has 1 aromatic heterocycles. The number of isothiocyanates is 1. The van der Waals surface area contributed by atoms with Crippen molar-refractivity contribution in [2.24, 2.45) is 4.99 Å². The molecule has 1 rings (SSSR count). The topological polar surface area (TPSA) is 49.0 Å². The molecule has 0 N–H and O–H groups in total. The van der Waals surface area contributed by atoms with Gasteiger partial charge in [0, 0.05) is 0 Å². The Morgan fingerprint density at radius 1 is 1.58 bits per heavy atom. The van der Waals surface area contributed by atoms with Gasteiger partial charge < -0.3 is 0 Å². The molecule has 0 spiro atoms. The van der Waals surface area contributed by atoms with Gasteiger partial charge in [-0.15, -0.1) is 0 Å². The SMILES string of the molecule is Cc1nc(C#N)ccc1N=C=S. The largest absolute Gasteiger partial charge is 0.240 e. The van der Waals surface area contributed by atoms with E-state index in [1.807, 2.05) is 6.07 Å². The number of rotatable bonds is 1. The van der Waals surface area contributed by atoms with Crippen LogP contribution in [-0.4, -0.2) is 10.1 Å². The first-order valence-corrected chi connectivity index (χ1v) is 3.64. The molecule has 0 aromatic carbocycles. The van der Waals surface area contributed by atoms with Gasteiger partial charge in [-0.05, 0) is 31.3 Å². The summed E-state index contributed by atoms with van der Waals surface area (Å²) in [6.07, 6.45) is 0. The Morgan fingerprint density at radius 3 is 2.83 bits per heavy atom. The van der Waals surface area contributed by atoms with Crippen LogP contribution < -0.4 is 0 Å². The second-order valence-corrected chi connectivity index (χ2v) is 2.30. The standard InChI is InChI=1S/C8H5N3S/c1-6-8(10-5-12)3-2-7(4-9)11-6/h2-3H,1H3. The summed E-state index contributed by atoms with van der Waals surface area (Å²) in [5, 5.41) is 10.8. The minimum Gasteiger partial charge on any atom is -0.240 e. The van der Waals surface area contributed by atoms with Crippen molar-refractivity contribution in [1.82, 2.24) is 4.98 Å². The van der Waals surface area contributed by atoms with E-state index in [9.17, 15) is 0 Å². The van der Waals surface area contributed by atoms with Gasteiger partial charge in [0.25, 0.3) is 0 Å². The van der Waals surface area contributed by atoms with E-state index in [0.29, 0.717) is 17.1 Å². The molecule has 0 bridgehead atoms. The van der Waals surface area contributed by atoms with E-state index >= 15 is 0 Å². The van der Waals surface area contributed by atoms with E-state index in [2.05, 4.69) is 27.4 Å². The van der Waals surface area contributed by atoms with Crippen LogP contribution in [0.1, 0.15) is 11.4 Å². The summed E-state index contributed by atoms with van der Waals surface area (Å²) in [5.74, 6) is 0. The number of thiocarbonyl (C=S) groups is 1. The van der Waals surface area contributed by atoms with E-state index in [1.165, 1.54) is 0 Å². The third kappa shape index (κ3) is 1.73. The highest BCUT2D eigenvalue weighted by atomic mass is 32.1. The average Bonchev–Trinajstić information content (AvgIpc) is 2.09. The van der Waals surface area contributed by atoms with Crippen LogP contribution in [0.2, 0.25) is 0 Å². The second kappa shape index (κ2) is 3.72. The summed E-state index contributed by atoms with van der Waals surface area (Å²) >= 11 is 4.45. The molecule has 3 nitrogen and oxygen atoms in total. The number of pyridine rings is 1. The number of aryl methyl sites for hydroxylation is 1. The number of aliphatic imine (C=N–C) groups is 1. The van der Waals surface area contributed by atoms with Crippen LogP contribution in [0.3, 0.4) is 0 Å². The minimum absolute atomic E-state index is 0.385. The summed E-state index contributed by atoms with van der Waals surface area (Å²) in [6, 6.07) is 5.23. The lowest BCUT2D eigenvalue weighted by molar-refractivity contribution is 1.16. The molecule has 0 saturated carbocycles. The van der Waals surface area contributed by atoms with E-state index < -0.39 is 0 Å². The van der Waals surface area contributed by atoms with Gasteiger partial charge >= 0.3 is 0 Å².